The summed E-state index contributed by atoms with van der Waals surface area (Å²) >= 11 is 0. The third kappa shape index (κ3) is 5.00. The van der Waals surface area contributed by atoms with E-state index in [1.807, 2.05) is 0 Å². The zero-order valence-electron chi connectivity index (χ0n) is 14.9. The second-order valence-electron chi connectivity index (χ2n) is 6.40. The van der Waals surface area contributed by atoms with Gasteiger partial charge >= 0.3 is 6.18 Å². The Kier molecular flexibility index (Phi) is 6.69. The number of halogens is 3. The molecule has 1 heterocycles. The van der Waals surface area contributed by atoms with Gasteiger partial charge in [0.1, 0.15) is 11.5 Å². The molecule has 2 amide bonds. The Balaban J connectivity index is 2.61. The van der Waals surface area contributed by atoms with Crippen LogP contribution in [-0.4, -0.2) is 78.3 Å². The number of alkyl halides is 3. The highest BCUT2D eigenvalue weighted by Gasteiger charge is 2.49. The molecule has 0 fully saturated rings. The fourth-order valence-corrected chi connectivity index (χ4v) is 2.39. The number of carbonyl (C=O) groups excluding carboxylic acids is 2. The van der Waals surface area contributed by atoms with Crippen molar-refractivity contribution >= 4 is 12.3 Å². The summed E-state index contributed by atoms with van der Waals surface area (Å²) in [5.41, 5.74) is -2.41. The summed E-state index contributed by atoms with van der Waals surface area (Å²) in [6.45, 7) is 1.35. The van der Waals surface area contributed by atoms with Gasteiger partial charge in [-0.15, -0.1) is 0 Å². The maximum absolute atomic E-state index is 12.6. The molecular formula is C15H25F3N4O3. The first-order valence-corrected chi connectivity index (χ1v) is 7.84. The Morgan fingerprint density at radius 1 is 1.36 bits per heavy atom. The topological polar surface area (TPSA) is 76.1 Å². The number of aliphatic hydroxyl groups is 1. The van der Waals surface area contributed by atoms with E-state index in [-0.39, 0.29) is 18.9 Å². The van der Waals surface area contributed by atoms with Crippen LogP contribution in [0.2, 0.25) is 0 Å². The molecule has 1 atom stereocenters. The Hall–Kier alpha value is -1.97. The molecule has 0 aromatic carbocycles. The van der Waals surface area contributed by atoms with Gasteiger partial charge in [0.15, 0.2) is 5.60 Å². The lowest BCUT2D eigenvalue weighted by molar-refractivity contribution is -0.255. The molecule has 0 bridgehead atoms. The molecule has 25 heavy (non-hydrogen) atoms. The van der Waals surface area contributed by atoms with Gasteiger partial charge in [0.05, 0.1) is 6.67 Å². The quantitative estimate of drug-likeness (QED) is 0.488. The summed E-state index contributed by atoms with van der Waals surface area (Å²) in [5.74, 6) is 0.0492. The van der Waals surface area contributed by atoms with Gasteiger partial charge in [0.2, 0.25) is 6.41 Å². The van der Waals surface area contributed by atoms with Gasteiger partial charge in [0.25, 0.3) is 5.91 Å². The molecule has 0 saturated carbocycles. The number of hydrogen-bond donors (Lipinski definition) is 2. The van der Waals surface area contributed by atoms with Gasteiger partial charge < -0.3 is 25.1 Å². The van der Waals surface area contributed by atoms with Crippen LogP contribution in [0.5, 0.6) is 0 Å². The number of likely N-dealkylation sites (N-methyl/N-ethyl adjacent to an activating group) is 2. The highest BCUT2D eigenvalue weighted by atomic mass is 19.4. The van der Waals surface area contributed by atoms with Crippen LogP contribution in [0.15, 0.2) is 11.5 Å². The van der Waals surface area contributed by atoms with Gasteiger partial charge in [-0.3, -0.25) is 9.59 Å². The first-order chi connectivity index (χ1) is 11.4. The molecular weight excluding hydrogens is 341 g/mol. The van der Waals surface area contributed by atoms with Crippen molar-refractivity contribution in [3.8, 4) is 0 Å². The van der Waals surface area contributed by atoms with E-state index in [9.17, 15) is 27.9 Å². The zero-order chi connectivity index (χ0) is 19.4. The Labute approximate surface area is 145 Å². The van der Waals surface area contributed by atoms with Crippen molar-refractivity contribution in [2.75, 3.05) is 34.4 Å². The number of unbranched alkanes of at least 4 members (excludes halogenated alkanes) is 1. The van der Waals surface area contributed by atoms with Crippen LogP contribution >= 0.6 is 0 Å². The summed E-state index contributed by atoms with van der Waals surface area (Å²) < 4.78 is 37.7. The van der Waals surface area contributed by atoms with Crippen molar-refractivity contribution in [3.63, 3.8) is 0 Å². The average molecular weight is 366 g/mol. The SMILES string of the molecule is CN(C=O)C1=C(C(=O)N(C)CCCCC(C)(O)C(F)(F)F)N(C)CN1. The number of rotatable bonds is 8. The fraction of sp³-hybridized carbons (Fsp3) is 0.733. The minimum Gasteiger partial charge on any atom is -0.381 e. The van der Waals surface area contributed by atoms with E-state index in [0.717, 1.165) is 6.92 Å². The van der Waals surface area contributed by atoms with Crippen LogP contribution in [0, 0.1) is 0 Å². The van der Waals surface area contributed by atoms with Crippen molar-refractivity contribution in [2.24, 2.45) is 0 Å². The summed E-state index contributed by atoms with van der Waals surface area (Å²) in [4.78, 5) is 27.8. The molecule has 7 nitrogen and oxygen atoms in total. The Bertz CT molecular complexity index is 535. The molecule has 0 aliphatic carbocycles. The van der Waals surface area contributed by atoms with Crippen molar-refractivity contribution in [3.05, 3.63) is 11.5 Å². The number of nitrogens with zero attached hydrogens (tertiary/aromatic N) is 3. The molecule has 1 rings (SSSR count). The third-order valence-electron chi connectivity index (χ3n) is 4.17. The predicted molar refractivity (Wildman–Crippen MR) is 84.8 cm³/mol. The van der Waals surface area contributed by atoms with Gasteiger partial charge in [-0.2, -0.15) is 13.2 Å². The summed E-state index contributed by atoms with van der Waals surface area (Å²) in [6, 6.07) is 0. The molecule has 1 unspecified atom stereocenters. The van der Waals surface area contributed by atoms with E-state index >= 15 is 0 Å². The Morgan fingerprint density at radius 2 is 1.96 bits per heavy atom. The summed E-state index contributed by atoms with van der Waals surface area (Å²) in [6.07, 6.45) is -4.09. The van der Waals surface area contributed by atoms with Crippen LogP contribution in [-0.2, 0) is 9.59 Å². The molecule has 1 aliphatic rings. The first kappa shape index (κ1) is 21.1. The summed E-state index contributed by atoms with van der Waals surface area (Å²) in [5, 5.41) is 12.3. The van der Waals surface area contributed by atoms with Crippen molar-refractivity contribution < 1.29 is 27.9 Å². The minimum absolute atomic E-state index is 0.123. The standard InChI is InChI=1S/C15H25F3N4O3/c1-14(25,15(16,17)18)7-5-6-8-20(2)13(24)11-12(22(4)10-23)19-9-21(11)3/h10,19,25H,5-9H2,1-4H3. The van der Waals surface area contributed by atoms with Crippen molar-refractivity contribution in [1.29, 1.82) is 0 Å². The van der Waals surface area contributed by atoms with Crippen LogP contribution in [0.25, 0.3) is 0 Å². The molecule has 0 radical (unpaired) electrons. The number of carbonyl (C=O) groups is 2. The molecule has 0 spiro atoms. The smallest absolute Gasteiger partial charge is 0.381 e. The maximum Gasteiger partial charge on any atom is 0.416 e. The van der Waals surface area contributed by atoms with Crippen molar-refractivity contribution in [2.45, 2.75) is 38.0 Å². The van der Waals surface area contributed by atoms with Crippen LogP contribution in [0.4, 0.5) is 13.2 Å². The third-order valence-corrected chi connectivity index (χ3v) is 4.17. The van der Waals surface area contributed by atoms with E-state index < -0.39 is 18.2 Å². The predicted octanol–water partition coefficient (Wildman–Crippen LogP) is 0.678. The highest BCUT2D eigenvalue weighted by molar-refractivity contribution is 5.94. The maximum atomic E-state index is 12.6. The number of hydrogen-bond acceptors (Lipinski definition) is 5. The molecule has 2 N–H and O–H groups in total. The molecule has 0 aromatic rings. The molecule has 1 aliphatic heterocycles. The second kappa shape index (κ2) is 7.94. The monoisotopic (exact) mass is 366 g/mol. The van der Waals surface area contributed by atoms with Gasteiger partial charge in [-0.1, -0.05) is 0 Å². The normalized spacial score (nSPS) is 17.2. The lowest BCUT2D eigenvalue weighted by atomic mass is 9.98. The van der Waals surface area contributed by atoms with E-state index in [0.29, 0.717) is 31.0 Å². The Morgan fingerprint density at radius 3 is 2.48 bits per heavy atom. The molecule has 144 valence electrons. The first-order valence-electron chi connectivity index (χ1n) is 7.84. The van der Waals surface area contributed by atoms with Gasteiger partial charge in [-0.05, 0) is 26.2 Å². The van der Waals surface area contributed by atoms with Crippen LogP contribution in [0.1, 0.15) is 26.2 Å². The lowest BCUT2D eigenvalue weighted by Crippen LogP contribution is -2.42. The van der Waals surface area contributed by atoms with Crippen molar-refractivity contribution in [1.82, 2.24) is 20.0 Å². The second-order valence-corrected chi connectivity index (χ2v) is 6.40. The van der Waals surface area contributed by atoms with E-state index in [4.69, 9.17) is 0 Å². The number of nitrogens with one attached hydrogen (secondary N) is 1. The van der Waals surface area contributed by atoms with Gasteiger partial charge in [-0.25, -0.2) is 0 Å². The number of amides is 2. The lowest BCUT2D eigenvalue weighted by Gasteiger charge is -2.27. The van der Waals surface area contributed by atoms with E-state index in [1.165, 1.54) is 16.8 Å². The zero-order valence-corrected chi connectivity index (χ0v) is 14.9. The molecule has 10 heteroatoms. The van der Waals surface area contributed by atoms with Crippen LogP contribution < -0.4 is 5.32 Å². The molecule has 0 saturated heterocycles. The summed E-state index contributed by atoms with van der Waals surface area (Å²) in [7, 11) is 4.75. The van der Waals surface area contributed by atoms with E-state index in [1.54, 1.807) is 19.0 Å². The largest absolute Gasteiger partial charge is 0.416 e. The van der Waals surface area contributed by atoms with Crippen LogP contribution in [0.3, 0.4) is 0 Å². The minimum atomic E-state index is -4.67. The highest BCUT2D eigenvalue weighted by Crippen LogP contribution is 2.33. The van der Waals surface area contributed by atoms with Gasteiger partial charge in [0, 0.05) is 27.7 Å². The fourth-order valence-electron chi connectivity index (χ4n) is 2.39. The average Bonchev–Trinajstić information content (AvgIpc) is 2.90. The molecule has 0 aromatic heterocycles. The van der Waals surface area contributed by atoms with E-state index in [2.05, 4.69) is 5.32 Å².